The average molecular weight is 626 g/mol. The van der Waals surface area contributed by atoms with Crippen LogP contribution < -0.4 is 5.32 Å². The second kappa shape index (κ2) is 12.2. The number of carbonyl (C=O) groups is 3. The standard InChI is InChI=1S/C33H43N3O7S/c1-35(2)27-22-15-20-21(16-44-18-9-4-5-10-18)19-11-8-12-23(37)24(19)28(38)25(20)30(40)33(22,43)31(41)26(29(27)39)32(42)34-17-36-13-6-3-7-14-36/h8,11-12,18,20-22,27,37,39-40,43H,3-7,9-10,13-17H2,1-2H3,(H,34,42). The zero-order valence-electron chi connectivity index (χ0n) is 25.4. The molecule has 4 aliphatic carbocycles. The molecule has 0 spiro atoms. The largest absolute Gasteiger partial charge is 0.510 e. The summed E-state index contributed by atoms with van der Waals surface area (Å²) in [5.74, 6) is -5.25. The van der Waals surface area contributed by atoms with Gasteiger partial charge in [-0.15, -0.1) is 0 Å². The van der Waals surface area contributed by atoms with Crippen molar-refractivity contribution in [1.29, 1.82) is 0 Å². The van der Waals surface area contributed by atoms with Crippen LogP contribution in [0.1, 0.15) is 73.2 Å². The van der Waals surface area contributed by atoms with Gasteiger partial charge in [0, 0.05) is 28.4 Å². The topological polar surface area (TPSA) is 151 Å². The molecule has 10 nitrogen and oxygen atoms in total. The second-order valence-electron chi connectivity index (χ2n) is 13.2. The van der Waals surface area contributed by atoms with Crippen molar-refractivity contribution in [1.82, 2.24) is 15.1 Å². The number of benzene rings is 1. The Hall–Kier alpha value is -2.86. The van der Waals surface area contributed by atoms with Gasteiger partial charge in [-0.1, -0.05) is 31.4 Å². The van der Waals surface area contributed by atoms with Gasteiger partial charge in [0.1, 0.15) is 22.8 Å². The number of nitrogens with zero attached hydrogens (tertiary/aromatic N) is 2. The van der Waals surface area contributed by atoms with E-state index in [0.717, 1.165) is 45.2 Å². The number of Topliss-reactive ketones (excluding diaryl/α,β-unsaturated/α-hetero) is 2. The van der Waals surface area contributed by atoms with Crippen LogP contribution in [0.4, 0.5) is 0 Å². The number of hydrogen-bond donors (Lipinski definition) is 5. The summed E-state index contributed by atoms with van der Waals surface area (Å²) >= 11 is 1.82. The highest BCUT2D eigenvalue weighted by Crippen LogP contribution is 2.56. The molecule has 1 heterocycles. The van der Waals surface area contributed by atoms with Crippen molar-refractivity contribution in [3.05, 3.63) is 52.0 Å². The van der Waals surface area contributed by atoms with E-state index in [1.54, 1.807) is 25.1 Å². The van der Waals surface area contributed by atoms with Gasteiger partial charge in [0.2, 0.25) is 5.78 Å². The van der Waals surface area contributed by atoms with Crippen molar-refractivity contribution >= 4 is 29.2 Å². The predicted octanol–water partition coefficient (Wildman–Crippen LogP) is 3.41. The SMILES string of the molecule is CN(C)C1C(O)=C(C(=O)NCN2CCCCC2)C(=O)C2(O)C(O)=C3C(=O)c4c(O)cccc4C(CSC4CCCC4)C3CC12. The van der Waals surface area contributed by atoms with Crippen LogP contribution in [0.25, 0.3) is 0 Å². The van der Waals surface area contributed by atoms with Crippen molar-refractivity contribution in [2.75, 3.05) is 39.6 Å². The number of likely N-dealkylation sites (tertiary alicyclic amines) is 1. The van der Waals surface area contributed by atoms with Crippen LogP contribution in [0.2, 0.25) is 0 Å². The highest BCUT2D eigenvalue weighted by atomic mass is 32.2. The summed E-state index contributed by atoms with van der Waals surface area (Å²) in [6.07, 6.45) is 7.82. The molecule has 1 aromatic carbocycles. The van der Waals surface area contributed by atoms with Gasteiger partial charge in [-0.25, -0.2) is 0 Å². The highest BCUT2D eigenvalue weighted by molar-refractivity contribution is 7.99. The fourth-order valence-electron chi connectivity index (χ4n) is 8.22. The van der Waals surface area contributed by atoms with E-state index in [9.17, 15) is 34.8 Å². The summed E-state index contributed by atoms with van der Waals surface area (Å²) in [6.45, 7) is 1.79. The first-order chi connectivity index (χ1) is 21.1. The van der Waals surface area contributed by atoms with E-state index in [2.05, 4.69) is 5.32 Å². The zero-order chi connectivity index (χ0) is 31.3. The Morgan fingerprint density at radius 3 is 2.45 bits per heavy atom. The smallest absolute Gasteiger partial charge is 0.259 e. The number of allylic oxidation sites excluding steroid dienone is 1. The Labute approximate surface area is 262 Å². The van der Waals surface area contributed by atoms with Crippen molar-refractivity contribution in [3.8, 4) is 5.75 Å². The molecule has 0 aromatic heterocycles. The molecule has 1 amide bonds. The molecule has 5 aliphatic rings. The van der Waals surface area contributed by atoms with Crippen LogP contribution in [0.3, 0.4) is 0 Å². The average Bonchev–Trinajstić information content (AvgIpc) is 3.52. The van der Waals surface area contributed by atoms with E-state index in [1.165, 1.54) is 18.9 Å². The number of carbonyl (C=O) groups excluding carboxylic acids is 3. The Morgan fingerprint density at radius 1 is 1.07 bits per heavy atom. The maximum atomic E-state index is 14.1. The number of phenolic OH excluding ortho intramolecular Hbond substituents is 1. The Morgan fingerprint density at radius 2 is 1.77 bits per heavy atom. The molecular weight excluding hydrogens is 582 g/mol. The van der Waals surface area contributed by atoms with Crippen LogP contribution >= 0.6 is 11.8 Å². The van der Waals surface area contributed by atoms with Gasteiger partial charge < -0.3 is 25.7 Å². The van der Waals surface area contributed by atoms with E-state index >= 15 is 0 Å². The van der Waals surface area contributed by atoms with Crippen molar-refractivity contribution in [3.63, 3.8) is 0 Å². The molecule has 44 heavy (non-hydrogen) atoms. The van der Waals surface area contributed by atoms with E-state index in [-0.39, 0.29) is 35.9 Å². The Balaban J connectivity index is 1.41. The third-order valence-corrected chi connectivity index (χ3v) is 12.0. The number of amides is 1. The summed E-state index contributed by atoms with van der Waals surface area (Å²) in [7, 11) is 3.37. The molecule has 5 N–H and O–H groups in total. The summed E-state index contributed by atoms with van der Waals surface area (Å²) in [6, 6.07) is 3.99. The fraction of sp³-hybridized carbons (Fsp3) is 0.606. The highest BCUT2D eigenvalue weighted by Gasteiger charge is 2.64. The summed E-state index contributed by atoms with van der Waals surface area (Å²) in [5.41, 5.74) is -2.53. The summed E-state index contributed by atoms with van der Waals surface area (Å²) < 4.78 is 0. The predicted molar refractivity (Wildman–Crippen MR) is 167 cm³/mol. The molecule has 0 radical (unpaired) electrons. The number of likely N-dealkylation sites (N-methyl/N-ethyl adjacent to an activating group) is 1. The van der Waals surface area contributed by atoms with Crippen LogP contribution in [0, 0.1) is 11.8 Å². The molecule has 6 rings (SSSR count). The number of thioether (sulfide) groups is 1. The molecule has 5 unspecified atom stereocenters. The summed E-state index contributed by atoms with van der Waals surface area (Å²) in [5, 5.41) is 49.6. The monoisotopic (exact) mass is 625 g/mol. The number of hydrogen-bond acceptors (Lipinski definition) is 10. The van der Waals surface area contributed by atoms with Crippen molar-refractivity contribution in [2.24, 2.45) is 11.8 Å². The van der Waals surface area contributed by atoms with Crippen LogP contribution in [0.5, 0.6) is 5.75 Å². The van der Waals surface area contributed by atoms with Gasteiger partial charge in [0.15, 0.2) is 11.4 Å². The lowest BCUT2D eigenvalue weighted by molar-refractivity contribution is -0.149. The van der Waals surface area contributed by atoms with Gasteiger partial charge in [0.25, 0.3) is 5.91 Å². The maximum absolute atomic E-state index is 14.1. The van der Waals surface area contributed by atoms with Gasteiger partial charge >= 0.3 is 0 Å². The third-order valence-electron chi connectivity index (χ3n) is 10.5. The first kappa shape index (κ1) is 31.1. The fourth-order valence-corrected chi connectivity index (χ4v) is 9.78. The molecule has 1 saturated heterocycles. The number of piperidine rings is 1. The molecule has 2 fully saturated rings. The van der Waals surface area contributed by atoms with E-state index < -0.39 is 58.0 Å². The number of ketones is 2. The minimum absolute atomic E-state index is 0.0784. The van der Waals surface area contributed by atoms with E-state index in [0.29, 0.717) is 16.6 Å². The third kappa shape index (κ3) is 5.05. The molecule has 238 valence electrons. The molecule has 0 bridgehead atoms. The lowest BCUT2D eigenvalue weighted by Crippen LogP contribution is -2.64. The number of aromatic hydroxyl groups is 1. The molecule has 1 saturated carbocycles. The van der Waals surface area contributed by atoms with Gasteiger partial charge in [0.05, 0.1) is 18.3 Å². The molecule has 5 atom stereocenters. The molecule has 11 heteroatoms. The first-order valence-electron chi connectivity index (χ1n) is 15.8. The number of aliphatic hydroxyl groups excluding tert-OH is 2. The zero-order valence-corrected chi connectivity index (χ0v) is 26.2. The number of nitrogens with one attached hydrogen (secondary N) is 1. The number of aliphatic hydroxyl groups is 3. The minimum atomic E-state index is -2.61. The van der Waals surface area contributed by atoms with E-state index in [4.69, 9.17) is 0 Å². The second-order valence-corrected chi connectivity index (χ2v) is 14.6. The van der Waals surface area contributed by atoms with Crippen molar-refractivity contribution < 1.29 is 34.8 Å². The molecular formula is C33H43N3O7S. The van der Waals surface area contributed by atoms with Crippen LogP contribution in [-0.2, 0) is 9.59 Å². The molecule has 1 aliphatic heterocycles. The van der Waals surface area contributed by atoms with E-state index in [1.807, 2.05) is 22.7 Å². The Kier molecular flexibility index (Phi) is 8.60. The van der Waals surface area contributed by atoms with Gasteiger partial charge in [-0.3, -0.25) is 24.2 Å². The lowest BCUT2D eigenvalue weighted by atomic mass is 9.56. The molecule has 1 aromatic rings. The first-order valence-corrected chi connectivity index (χ1v) is 16.9. The van der Waals surface area contributed by atoms with Crippen LogP contribution in [-0.4, -0.2) is 104 Å². The minimum Gasteiger partial charge on any atom is -0.510 e. The summed E-state index contributed by atoms with van der Waals surface area (Å²) in [4.78, 5) is 45.3. The lowest BCUT2D eigenvalue weighted by Gasteiger charge is -2.51. The number of fused-ring (bicyclic) bond motifs is 3. The van der Waals surface area contributed by atoms with Crippen LogP contribution in [0.15, 0.2) is 40.9 Å². The number of rotatable bonds is 7. The van der Waals surface area contributed by atoms with Crippen molar-refractivity contribution in [2.45, 2.75) is 74.2 Å². The number of phenols is 1. The Bertz CT molecular complexity index is 1410. The normalized spacial score (nSPS) is 31.3. The van der Waals surface area contributed by atoms with Gasteiger partial charge in [-0.2, -0.15) is 11.8 Å². The maximum Gasteiger partial charge on any atom is 0.259 e. The quantitative estimate of drug-likeness (QED) is 0.285. The van der Waals surface area contributed by atoms with Gasteiger partial charge in [-0.05, 0) is 76.8 Å².